The Hall–Kier alpha value is -2.75. The molecule has 0 aromatic carbocycles. The summed E-state index contributed by atoms with van der Waals surface area (Å²) in [5, 5.41) is 7.10. The first-order valence-corrected chi connectivity index (χ1v) is 10.7. The summed E-state index contributed by atoms with van der Waals surface area (Å²) < 4.78 is 11.4. The van der Waals surface area contributed by atoms with E-state index in [1.54, 1.807) is 25.3 Å². The third-order valence-corrected chi connectivity index (χ3v) is 5.16. The molecule has 0 aliphatic heterocycles. The van der Waals surface area contributed by atoms with Gasteiger partial charge in [0.2, 0.25) is 5.88 Å². The second kappa shape index (κ2) is 9.17. The Labute approximate surface area is 189 Å². The number of carbonyl (C=O) groups is 1. The highest BCUT2D eigenvalue weighted by Gasteiger charge is 2.20. The van der Waals surface area contributed by atoms with Crippen LogP contribution in [-0.4, -0.2) is 62.4 Å². The van der Waals surface area contributed by atoms with Gasteiger partial charge in [0.1, 0.15) is 16.6 Å². The molecule has 0 unspecified atom stereocenters. The number of nitrogens with zero attached hydrogens (tertiary/aromatic N) is 5. The number of nitrogens with one attached hydrogen (secondary N) is 1. The third-order valence-electron chi connectivity index (χ3n) is 4.61. The van der Waals surface area contributed by atoms with Gasteiger partial charge in [0.15, 0.2) is 10.4 Å². The van der Waals surface area contributed by atoms with Crippen LogP contribution < -0.4 is 4.74 Å². The van der Waals surface area contributed by atoms with Crippen molar-refractivity contribution in [2.75, 3.05) is 20.7 Å². The molecule has 0 radical (unpaired) electrons. The van der Waals surface area contributed by atoms with Gasteiger partial charge in [0.05, 0.1) is 12.8 Å². The highest BCUT2D eigenvalue weighted by molar-refractivity contribution is 9.10. The van der Waals surface area contributed by atoms with Crippen LogP contribution in [0.1, 0.15) is 38.4 Å². The molecule has 31 heavy (non-hydrogen) atoms. The molecule has 3 rings (SSSR count). The zero-order valence-corrected chi connectivity index (χ0v) is 20.2. The fraction of sp³-hybridized carbons (Fsp3) is 0.476. The Morgan fingerprint density at radius 2 is 2.03 bits per heavy atom. The van der Waals surface area contributed by atoms with E-state index in [1.165, 1.54) is 0 Å². The van der Waals surface area contributed by atoms with Gasteiger partial charge in [-0.2, -0.15) is 5.10 Å². The van der Waals surface area contributed by atoms with Gasteiger partial charge < -0.3 is 14.4 Å². The van der Waals surface area contributed by atoms with Crippen LogP contribution in [0.2, 0.25) is 0 Å². The fourth-order valence-corrected chi connectivity index (χ4v) is 3.43. The van der Waals surface area contributed by atoms with E-state index >= 15 is 0 Å². The molecular formula is C21H27BrN6O3. The molecule has 0 spiro atoms. The van der Waals surface area contributed by atoms with Gasteiger partial charge in [-0.3, -0.25) is 5.10 Å². The maximum atomic E-state index is 12.2. The van der Waals surface area contributed by atoms with Gasteiger partial charge in [0.25, 0.3) is 0 Å². The highest BCUT2D eigenvalue weighted by atomic mass is 79.9. The number of aromatic amines is 1. The number of rotatable bonds is 6. The minimum absolute atomic E-state index is 0.338. The zero-order valence-electron chi connectivity index (χ0n) is 18.6. The maximum Gasteiger partial charge on any atom is 0.410 e. The SMILES string of the molecule is COc1cc(-c2nc(C)c3[nH]nc(Br)c3n2)c(CCCN(C)C(=O)OC(C)(C)C)cn1. The number of pyridine rings is 1. The normalized spacial score (nSPS) is 11.6. The monoisotopic (exact) mass is 490 g/mol. The van der Waals surface area contributed by atoms with Crippen molar-refractivity contribution in [1.29, 1.82) is 0 Å². The second-order valence-electron chi connectivity index (χ2n) is 8.26. The van der Waals surface area contributed by atoms with E-state index in [0.717, 1.165) is 28.8 Å². The number of fused-ring (bicyclic) bond motifs is 1. The van der Waals surface area contributed by atoms with E-state index in [4.69, 9.17) is 14.5 Å². The number of hydrogen-bond acceptors (Lipinski definition) is 7. The number of aryl methyl sites for hydroxylation is 2. The molecule has 0 aliphatic rings. The van der Waals surface area contributed by atoms with Gasteiger partial charge in [-0.05, 0) is 62.0 Å². The van der Waals surface area contributed by atoms with Crippen LogP contribution in [0, 0.1) is 6.92 Å². The van der Waals surface area contributed by atoms with Gasteiger partial charge in [-0.1, -0.05) is 0 Å². The molecule has 0 bridgehead atoms. The summed E-state index contributed by atoms with van der Waals surface area (Å²) in [4.78, 5) is 27.5. The average Bonchev–Trinajstić information content (AvgIpc) is 3.08. The minimum Gasteiger partial charge on any atom is -0.481 e. The molecule has 1 amide bonds. The summed E-state index contributed by atoms with van der Waals surface area (Å²) >= 11 is 3.43. The van der Waals surface area contributed by atoms with Gasteiger partial charge in [-0.15, -0.1) is 0 Å². The Kier molecular flexibility index (Phi) is 6.78. The standard InChI is InChI=1S/C21H27BrN6O3/c1-12-16-17(18(22)27-26-16)25-19(24-12)14-10-15(30-6)23-11-13(14)8-7-9-28(5)20(29)31-21(2,3)4/h10-11H,7-9H2,1-6H3,(H,26,27). The van der Waals surface area contributed by atoms with Crippen molar-refractivity contribution in [2.45, 2.75) is 46.1 Å². The summed E-state index contributed by atoms with van der Waals surface area (Å²) in [5.74, 6) is 1.06. The second-order valence-corrected chi connectivity index (χ2v) is 9.01. The van der Waals surface area contributed by atoms with Crippen LogP contribution in [0.5, 0.6) is 5.88 Å². The van der Waals surface area contributed by atoms with E-state index in [-0.39, 0.29) is 6.09 Å². The largest absolute Gasteiger partial charge is 0.481 e. The maximum absolute atomic E-state index is 12.2. The first-order chi connectivity index (χ1) is 14.6. The van der Waals surface area contributed by atoms with Crippen LogP contribution in [0.25, 0.3) is 22.4 Å². The van der Waals surface area contributed by atoms with Crippen molar-refractivity contribution < 1.29 is 14.3 Å². The molecule has 9 nitrogen and oxygen atoms in total. The summed E-state index contributed by atoms with van der Waals surface area (Å²) in [6.07, 6.45) is 2.85. The summed E-state index contributed by atoms with van der Waals surface area (Å²) in [6, 6.07) is 1.83. The van der Waals surface area contributed by atoms with Crippen LogP contribution >= 0.6 is 15.9 Å². The highest BCUT2D eigenvalue weighted by Crippen LogP contribution is 2.29. The molecule has 0 aliphatic carbocycles. The van der Waals surface area contributed by atoms with E-state index in [2.05, 4.69) is 36.1 Å². The lowest BCUT2D eigenvalue weighted by Gasteiger charge is -2.24. The molecule has 10 heteroatoms. The predicted molar refractivity (Wildman–Crippen MR) is 121 cm³/mol. The van der Waals surface area contributed by atoms with Gasteiger partial charge in [0, 0.05) is 31.4 Å². The Bertz CT molecular complexity index is 1090. The van der Waals surface area contributed by atoms with Crippen molar-refractivity contribution >= 4 is 33.1 Å². The van der Waals surface area contributed by atoms with Crippen LogP contribution in [0.4, 0.5) is 4.79 Å². The van der Waals surface area contributed by atoms with Crippen LogP contribution in [-0.2, 0) is 11.2 Å². The van der Waals surface area contributed by atoms with Crippen molar-refractivity contribution in [2.24, 2.45) is 0 Å². The number of aromatic nitrogens is 5. The molecular weight excluding hydrogens is 464 g/mol. The lowest BCUT2D eigenvalue weighted by Crippen LogP contribution is -2.34. The predicted octanol–water partition coefficient (Wildman–Crippen LogP) is 4.29. The topological polar surface area (TPSA) is 106 Å². The van der Waals surface area contributed by atoms with E-state index in [0.29, 0.717) is 34.8 Å². The Balaban J connectivity index is 1.83. The zero-order chi connectivity index (χ0) is 22.8. The molecule has 3 heterocycles. The number of halogens is 1. The average molecular weight is 491 g/mol. The smallest absolute Gasteiger partial charge is 0.410 e. The van der Waals surface area contributed by atoms with Crippen LogP contribution in [0.3, 0.4) is 0 Å². The summed E-state index contributed by atoms with van der Waals surface area (Å²) in [6.45, 7) is 8.01. The van der Waals surface area contributed by atoms with E-state index in [9.17, 15) is 4.79 Å². The molecule has 3 aromatic rings. The molecule has 1 N–H and O–H groups in total. The summed E-state index contributed by atoms with van der Waals surface area (Å²) in [7, 11) is 3.31. The first kappa shape index (κ1) is 22.9. The lowest BCUT2D eigenvalue weighted by molar-refractivity contribution is 0.0297. The van der Waals surface area contributed by atoms with Gasteiger partial charge >= 0.3 is 6.09 Å². The van der Waals surface area contributed by atoms with E-state index < -0.39 is 5.60 Å². The first-order valence-electron chi connectivity index (χ1n) is 9.94. The van der Waals surface area contributed by atoms with Crippen molar-refractivity contribution in [3.63, 3.8) is 0 Å². The number of methoxy groups -OCH3 is 1. The summed E-state index contributed by atoms with van der Waals surface area (Å²) in [5.41, 5.74) is 3.59. The molecule has 3 aromatic heterocycles. The fourth-order valence-electron chi connectivity index (χ4n) is 3.06. The molecule has 0 atom stereocenters. The number of ether oxygens (including phenoxy) is 2. The van der Waals surface area contributed by atoms with Crippen molar-refractivity contribution in [1.82, 2.24) is 30.0 Å². The third kappa shape index (κ3) is 5.49. The van der Waals surface area contributed by atoms with E-state index in [1.807, 2.05) is 33.8 Å². The Morgan fingerprint density at radius 1 is 1.29 bits per heavy atom. The number of amides is 1. The molecule has 0 saturated heterocycles. The molecule has 0 saturated carbocycles. The minimum atomic E-state index is -0.520. The van der Waals surface area contributed by atoms with Crippen LogP contribution in [0.15, 0.2) is 16.9 Å². The lowest BCUT2D eigenvalue weighted by atomic mass is 10.0. The van der Waals surface area contributed by atoms with Gasteiger partial charge in [-0.25, -0.2) is 19.7 Å². The number of hydrogen-bond donors (Lipinski definition) is 1. The molecule has 166 valence electrons. The van der Waals surface area contributed by atoms with Crippen molar-refractivity contribution in [3.8, 4) is 17.3 Å². The number of carbonyl (C=O) groups excluding carboxylic acids is 1. The quantitative estimate of drug-likeness (QED) is 0.548. The number of H-pyrrole nitrogens is 1. The Morgan fingerprint density at radius 3 is 2.71 bits per heavy atom. The van der Waals surface area contributed by atoms with Crippen molar-refractivity contribution in [3.05, 3.63) is 28.1 Å². The molecule has 0 fully saturated rings.